The average Bonchev–Trinajstić information content (AvgIpc) is 2.70. The molecule has 17 heavy (non-hydrogen) atoms. The van der Waals surface area contributed by atoms with Crippen LogP contribution in [0, 0.1) is 6.92 Å². The van der Waals surface area contributed by atoms with Crippen LogP contribution in [-0.2, 0) is 6.42 Å². The highest BCUT2D eigenvalue weighted by Crippen LogP contribution is 2.16. The van der Waals surface area contributed by atoms with Gasteiger partial charge in [0.25, 0.3) is 0 Å². The number of aliphatic imine (C=N–C) groups is 1. The summed E-state index contributed by atoms with van der Waals surface area (Å²) in [5, 5.41) is 4.19. The van der Waals surface area contributed by atoms with Crippen LogP contribution in [0.4, 0.5) is 0 Å². The van der Waals surface area contributed by atoms with E-state index in [9.17, 15) is 0 Å². The molecule has 1 aromatic carbocycles. The fourth-order valence-corrected chi connectivity index (χ4v) is 2.02. The van der Waals surface area contributed by atoms with Gasteiger partial charge in [-0.05, 0) is 30.5 Å². The molecule has 1 aliphatic heterocycles. The molecule has 0 saturated carbocycles. The van der Waals surface area contributed by atoms with Crippen molar-refractivity contribution in [3.8, 4) is 0 Å². The lowest BCUT2D eigenvalue weighted by Crippen LogP contribution is -2.36. The van der Waals surface area contributed by atoms with Crippen LogP contribution in [-0.4, -0.2) is 37.5 Å². The second-order valence-corrected chi connectivity index (χ2v) is 4.79. The van der Waals surface area contributed by atoms with Gasteiger partial charge < -0.3 is 10.2 Å². The van der Waals surface area contributed by atoms with Crippen LogP contribution < -0.4 is 5.32 Å². The number of benzene rings is 1. The normalized spacial score (nSPS) is 15.0. The van der Waals surface area contributed by atoms with Crippen molar-refractivity contribution in [1.82, 2.24) is 10.2 Å². The van der Waals surface area contributed by atoms with Gasteiger partial charge in [-0.1, -0.05) is 23.7 Å². The molecular formula is C13H18ClN3. The lowest BCUT2D eigenvalue weighted by molar-refractivity contribution is 0.534. The summed E-state index contributed by atoms with van der Waals surface area (Å²) in [5.41, 5.74) is 2.44. The summed E-state index contributed by atoms with van der Waals surface area (Å²) in [6.45, 7) is 4.86. The molecule has 0 radical (unpaired) electrons. The first-order chi connectivity index (χ1) is 8.16. The minimum absolute atomic E-state index is 0.835. The summed E-state index contributed by atoms with van der Waals surface area (Å²) >= 11 is 6.00. The Morgan fingerprint density at radius 1 is 1.47 bits per heavy atom. The molecule has 1 aliphatic rings. The van der Waals surface area contributed by atoms with Crippen molar-refractivity contribution in [3.63, 3.8) is 0 Å². The molecule has 92 valence electrons. The monoisotopic (exact) mass is 251 g/mol. The van der Waals surface area contributed by atoms with Crippen LogP contribution in [0.5, 0.6) is 0 Å². The molecular weight excluding hydrogens is 234 g/mol. The fourth-order valence-electron chi connectivity index (χ4n) is 1.90. The second kappa shape index (κ2) is 5.41. The minimum Gasteiger partial charge on any atom is -0.356 e. The summed E-state index contributed by atoms with van der Waals surface area (Å²) in [4.78, 5) is 6.54. The number of rotatable bonds is 3. The molecule has 1 heterocycles. The van der Waals surface area contributed by atoms with Gasteiger partial charge in [0.15, 0.2) is 5.96 Å². The number of hydrogen-bond donors (Lipinski definition) is 1. The number of hydrogen-bond acceptors (Lipinski definition) is 3. The number of halogens is 1. The molecule has 0 fully saturated rings. The first kappa shape index (κ1) is 12.2. The highest BCUT2D eigenvalue weighted by molar-refractivity contribution is 6.31. The highest BCUT2D eigenvalue weighted by atomic mass is 35.5. The van der Waals surface area contributed by atoms with Crippen LogP contribution in [0.3, 0.4) is 0 Å². The quantitative estimate of drug-likeness (QED) is 0.891. The summed E-state index contributed by atoms with van der Waals surface area (Å²) in [5.74, 6) is 1.01. The molecule has 0 amide bonds. The predicted octanol–water partition coefficient (Wildman–Crippen LogP) is 2.08. The molecule has 0 saturated heterocycles. The molecule has 2 rings (SSSR count). The lowest BCUT2D eigenvalue weighted by Gasteiger charge is -2.15. The molecule has 4 heteroatoms. The Morgan fingerprint density at radius 2 is 2.29 bits per heavy atom. The SMILES string of the molecule is Cc1cc(CCNC2=NCCN2C)ccc1Cl. The Hall–Kier alpha value is -1.22. The number of nitrogens with zero attached hydrogens (tertiary/aromatic N) is 2. The second-order valence-electron chi connectivity index (χ2n) is 4.39. The van der Waals surface area contributed by atoms with E-state index in [4.69, 9.17) is 11.6 Å². The third kappa shape index (κ3) is 3.13. The first-order valence-corrected chi connectivity index (χ1v) is 6.29. The molecule has 1 aromatic rings. The van der Waals surface area contributed by atoms with Crippen molar-refractivity contribution in [3.05, 3.63) is 34.3 Å². The first-order valence-electron chi connectivity index (χ1n) is 5.91. The van der Waals surface area contributed by atoms with E-state index in [1.165, 1.54) is 5.56 Å². The fraction of sp³-hybridized carbons (Fsp3) is 0.462. The molecule has 0 atom stereocenters. The molecule has 1 N–H and O–H groups in total. The molecule has 3 nitrogen and oxygen atoms in total. The number of nitrogens with one attached hydrogen (secondary N) is 1. The summed E-state index contributed by atoms with van der Waals surface area (Å²) in [6, 6.07) is 6.19. The van der Waals surface area contributed by atoms with E-state index in [0.717, 1.165) is 42.6 Å². The number of likely N-dealkylation sites (N-methyl/N-ethyl adjacent to an activating group) is 1. The van der Waals surface area contributed by atoms with Gasteiger partial charge in [0.1, 0.15) is 0 Å². The van der Waals surface area contributed by atoms with E-state index in [0.29, 0.717) is 0 Å². The van der Waals surface area contributed by atoms with Gasteiger partial charge in [0.05, 0.1) is 6.54 Å². The lowest BCUT2D eigenvalue weighted by atomic mass is 10.1. The number of guanidine groups is 1. The van der Waals surface area contributed by atoms with E-state index in [1.54, 1.807) is 0 Å². The van der Waals surface area contributed by atoms with Gasteiger partial charge in [-0.15, -0.1) is 0 Å². The summed E-state index contributed by atoms with van der Waals surface area (Å²) < 4.78 is 0. The van der Waals surface area contributed by atoms with E-state index in [1.807, 2.05) is 13.0 Å². The van der Waals surface area contributed by atoms with Crippen molar-refractivity contribution >= 4 is 17.6 Å². The van der Waals surface area contributed by atoms with Crippen molar-refractivity contribution < 1.29 is 0 Å². The zero-order valence-corrected chi connectivity index (χ0v) is 11.1. The maximum absolute atomic E-state index is 6.00. The van der Waals surface area contributed by atoms with Gasteiger partial charge in [-0.3, -0.25) is 4.99 Å². The van der Waals surface area contributed by atoms with E-state index in [-0.39, 0.29) is 0 Å². The van der Waals surface area contributed by atoms with E-state index < -0.39 is 0 Å². The predicted molar refractivity (Wildman–Crippen MR) is 72.8 cm³/mol. The van der Waals surface area contributed by atoms with Gasteiger partial charge in [-0.25, -0.2) is 0 Å². The smallest absolute Gasteiger partial charge is 0.193 e. The molecule has 0 aliphatic carbocycles. The summed E-state index contributed by atoms with van der Waals surface area (Å²) in [7, 11) is 2.06. The van der Waals surface area contributed by atoms with Crippen molar-refractivity contribution in [2.75, 3.05) is 26.7 Å². The zero-order chi connectivity index (χ0) is 12.3. The Morgan fingerprint density at radius 3 is 2.94 bits per heavy atom. The number of aryl methyl sites for hydroxylation is 1. The molecule has 0 unspecified atom stereocenters. The minimum atomic E-state index is 0.835. The molecule has 0 aromatic heterocycles. The van der Waals surface area contributed by atoms with Crippen LogP contribution in [0.25, 0.3) is 0 Å². The van der Waals surface area contributed by atoms with Crippen molar-refractivity contribution in [2.45, 2.75) is 13.3 Å². The van der Waals surface area contributed by atoms with Crippen LogP contribution in [0.2, 0.25) is 5.02 Å². The van der Waals surface area contributed by atoms with Crippen molar-refractivity contribution in [2.24, 2.45) is 4.99 Å². The third-order valence-corrected chi connectivity index (χ3v) is 3.40. The molecule has 0 spiro atoms. The summed E-state index contributed by atoms with van der Waals surface area (Å²) in [6.07, 6.45) is 0.991. The largest absolute Gasteiger partial charge is 0.356 e. The van der Waals surface area contributed by atoms with Crippen molar-refractivity contribution in [1.29, 1.82) is 0 Å². The maximum Gasteiger partial charge on any atom is 0.193 e. The van der Waals surface area contributed by atoms with Gasteiger partial charge >= 0.3 is 0 Å². The Labute approximate surface area is 107 Å². The zero-order valence-electron chi connectivity index (χ0n) is 10.3. The topological polar surface area (TPSA) is 27.6 Å². The molecule has 0 bridgehead atoms. The van der Waals surface area contributed by atoms with Gasteiger partial charge in [0.2, 0.25) is 0 Å². The maximum atomic E-state index is 6.00. The average molecular weight is 252 g/mol. The Bertz CT molecular complexity index is 429. The van der Waals surface area contributed by atoms with Crippen LogP contribution >= 0.6 is 11.6 Å². The van der Waals surface area contributed by atoms with Gasteiger partial charge in [0, 0.05) is 25.2 Å². The van der Waals surface area contributed by atoms with E-state index >= 15 is 0 Å². The Kier molecular flexibility index (Phi) is 3.89. The third-order valence-electron chi connectivity index (χ3n) is 2.98. The highest BCUT2D eigenvalue weighted by Gasteiger charge is 2.10. The standard InChI is InChI=1S/C13H18ClN3/c1-10-9-11(3-4-12(10)14)5-6-15-13-16-7-8-17(13)2/h3-4,9H,5-8H2,1-2H3,(H,15,16). The van der Waals surface area contributed by atoms with Gasteiger partial charge in [-0.2, -0.15) is 0 Å². The van der Waals surface area contributed by atoms with Crippen LogP contribution in [0.15, 0.2) is 23.2 Å². The van der Waals surface area contributed by atoms with E-state index in [2.05, 4.69) is 34.4 Å². The Balaban J connectivity index is 1.84. The van der Waals surface area contributed by atoms with Crippen LogP contribution in [0.1, 0.15) is 11.1 Å².